The van der Waals surface area contributed by atoms with Crippen molar-refractivity contribution < 1.29 is 9.13 Å². The van der Waals surface area contributed by atoms with E-state index in [9.17, 15) is 4.39 Å². The highest BCUT2D eigenvalue weighted by Crippen LogP contribution is 2.29. The van der Waals surface area contributed by atoms with Gasteiger partial charge in [0, 0.05) is 23.4 Å². The zero-order valence-electron chi connectivity index (χ0n) is 10.9. The van der Waals surface area contributed by atoms with Gasteiger partial charge in [-0.2, -0.15) is 11.8 Å². The molecule has 2 atom stereocenters. The number of benzene rings is 1. The molecule has 2 nitrogen and oxygen atoms in total. The Balaban J connectivity index is 1.98. The summed E-state index contributed by atoms with van der Waals surface area (Å²) in [4.78, 5) is 0. The highest BCUT2D eigenvalue weighted by Gasteiger charge is 2.26. The number of hydrogen-bond donors (Lipinski definition) is 1. The van der Waals surface area contributed by atoms with E-state index >= 15 is 0 Å². The number of rotatable bonds is 5. The molecule has 0 aliphatic heterocycles. The van der Waals surface area contributed by atoms with Gasteiger partial charge in [-0.05, 0) is 25.2 Å². The smallest absolute Gasteiger partial charge is 0.169 e. The fourth-order valence-electron chi connectivity index (χ4n) is 2.53. The quantitative estimate of drug-likeness (QED) is 0.887. The van der Waals surface area contributed by atoms with Gasteiger partial charge in [-0.1, -0.05) is 18.6 Å². The van der Waals surface area contributed by atoms with Crippen LogP contribution in [0.2, 0.25) is 0 Å². The van der Waals surface area contributed by atoms with Gasteiger partial charge in [0.2, 0.25) is 0 Å². The molecule has 1 N–H and O–H groups in total. The van der Waals surface area contributed by atoms with E-state index in [-0.39, 0.29) is 5.82 Å². The molecular weight excluding hydrogens is 249 g/mol. The molecule has 0 bridgehead atoms. The molecule has 2 unspecified atom stereocenters. The van der Waals surface area contributed by atoms with Gasteiger partial charge in [0.25, 0.3) is 0 Å². The van der Waals surface area contributed by atoms with Crippen LogP contribution >= 0.6 is 11.8 Å². The maximum absolute atomic E-state index is 14.0. The molecule has 1 aliphatic carbocycles. The Morgan fingerprint density at radius 1 is 1.44 bits per heavy atom. The van der Waals surface area contributed by atoms with Crippen LogP contribution in [0.5, 0.6) is 5.75 Å². The first-order valence-corrected chi connectivity index (χ1v) is 7.62. The largest absolute Gasteiger partial charge is 0.494 e. The van der Waals surface area contributed by atoms with E-state index in [1.165, 1.54) is 26.4 Å². The van der Waals surface area contributed by atoms with E-state index in [0.29, 0.717) is 29.1 Å². The molecule has 0 heterocycles. The molecule has 100 valence electrons. The molecule has 1 fully saturated rings. The summed E-state index contributed by atoms with van der Waals surface area (Å²) in [6.07, 6.45) is 5.87. The Labute approximate surface area is 112 Å². The van der Waals surface area contributed by atoms with Crippen LogP contribution in [0.4, 0.5) is 4.39 Å². The van der Waals surface area contributed by atoms with Crippen molar-refractivity contribution in [2.24, 2.45) is 0 Å². The van der Waals surface area contributed by atoms with Crippen LogP contribution in [-0.4, -0.2) is 24.7 Å². The summed E-state index contributed by atoms with van der Waals surface area (Å²) in [6.45, 7) is 0.574. The highest BCUT2D eigenvalue weighted by molar-refractivity contribution is 7.99. The number of nitrogens with one attached hydrogen (secondary N) is 1. The van der Waals surface area contributed by atoms with E-state index < -0.39 is 0 Å². The maximum Gasteiger partial charge on any atom is 0.169 e. The normalized spacial score (nSPS) is 23.3. The monoisotopic (exact) mass is 269 g/mol. The lowest BCUT2D eigenvalue weighted by molar-refractivity contribution is 0.382. The summed E-state index contributed by atoms with van der Waals surface area (Å²) >= 11 is 1.91. The summed E-state index contributed by atoms with van der Waals surface area (Å²) in [7, 11) is 1.50. The summed E-state index contributed by atoms with van der Waals surface area (Å²) < 4.78 is 18.9. The van der Waals surface area contributed by atoms with Gasteiger partial charge in [0.15, 0.2) is 11.6 Å². The Morgan fingerprint density at radius 3 is 3.00 bits per heavy atom. The third kappa shape index (κ3) is 2.98. The molecule has 0 saturated heterocycles. The fourth-order valence-corrected chi connectivity index (χ4v) is 3.50. The third-order valence-electron chi connectivity index (χ3n) is 3.57. The molecule has 1 aliphatic rings. The second-order valence-electron chi connectivity index (χ2n) is 4.63. The van der Waals surface area contributed by atoms with Crippen LogP contribution in [0, 0.1) is 5.82 Å². The number of methoxy groups -OCH3 is 1. The number of halogens is 1. The van der Waals surface area contributed by atoms with E-state index in [2.05, 4.69) is 11.6 Å². The lowest BCUT2D eigenvalue weighted by Crippen LogP contribution is -2.33. The van der Waals surface area contributed by atoms with E-state index in [4.69, 9.17) is 4.74 Å². The van der Waals surface area contributed by atoms with E-state index in [1.54, 1.807) is 6.07 Å². The second kappa shape index (κ2) is 6.43. The van der Waals surface area contributed by atoms with Gasteiger partial charge < -0.3 is 10.1 Å². The highest BCUT2D eigenvalue weighted by atomic mass is 32.2. The molecule has 1 saturated carbocycles. The fraction of sp³-hybridized carbons (Fsp3) is 0.571. The molecular formula is C14H20FNOS. The molecule has 4 heteroatoms. The lowest BCUT2D eigenvalue weighted by Gasteiger charge is -2.19. The van der Waals surface area contributed by atoms with E-state index in [1.807, 2.05) is 23.9 Å². The van der Waals surface area contributed by atoms with Crippen molar-refractivity contribution in [3.05, 3.63) is 29.6 Å². The Hall–Kier alpha value is -0.740. The van der Waals surface area contributed by atoms with Gasteiger partial charge >= 0.3 is 0 Å². The van der Waals surface area contributed by atoms with Gasteiger partial charge in [-0.15, -0.1) is 0 Å². The summed E-state index contributed by atoms with van der Waals surface area (Å²) in [5.74, 6) is 0.0772. The van der Waals surface area contributed by atoms with Crippen LogP contribution < -0.4 is 10.1 Å². The average molecular weight is 269 g/mol. The lowest BCUT2D eigenvalue weighted by atomic mass is 10.1. The first-order chi connectivity index (χ1) is 8.76. The zero-order valence-corrected chi connectivity index (χ0v) is 11.7. The Bertz CT molecular complexity index is 399. The Kier molecular flexibility index (Phi) is 4.89. The van der Waals surface area contributed by atoms with Crippen LogP contribution in [0.25, 0.3) is 0 Å². The molecule has 0 radical (unpaired) electrons. The third-order valence-corrected chi connectivity index (χ3v) is 4.74. The number of thioether (sulfide) groups is 1. The van der Waals surface area contributed by atoms with Gasteiger partial charge in [-0.25, -0.2) is 4.39 Å². The summed E-state index contributed by atoms with van der Waals surface area (Å²) in [5.41, 5.74) is 0.682. The Morgan fingerprint density at radius 2 is 2.28 bits per heavy atom. The van der Waals surface area contributed by atoms with Crippen molar-refractivity contribution in [1.82, 2.24) is 5.32 Å². The van der Waals surface area contributed by atoms with Gasteiger partial charge in [-0.3, -0.25) is 0 Å². The average Bonchev–Trinajstić information content (AvgIpc) is 2.85. The topological polar surface area (TPSA) is 21.3 Å². The van der Waals surface area contributed by atoms with Crippen LogP contribution in [0.1, 0.15) is 24.8 Å². The maximum atomic E-state index is 14.0. The first kappa shape index (κ1) is 13.7. The van der Waals surface area contributed by atoms with Crippen molar-refractivity contribution in [1.29, 1.82) is 0 Å². The predicted octanol–water partition coefficient (Wildman–Crippen LogP) is 3.21. The van der Waals surface area contributed by atoms with Crippen molar-refractivity contribution >= 4 is 11.8 Å². The minimum atomic E-state index is -0.244. The van der Waals surface area contributed by atoms with Crippen LogP contribution in [0.3, 0.4) is 0 Å². The summed E-state index contributed by atoms with van der Waals surface area (Å²) in [5, 5.41) is 4.14. The van der Waals surface area contributed by atoms with Crippen LogP contribution in [0.15, 0.2) is 18.2 Å². The van der Waals surface area contributed by atoms with Crippen molar-refractivity contribution in [3.63, 3.8) is 0 Å². The van der Waals surface area contributed by atoms with Gasteiger partial charge in [0.05, 0.1) is 7.11 Å². The molecule has 1 aromatic carbocycles. The second-order valence-corrected chi connectivity index (χ2v) is 5.70. The number of ether oxygens (including phenoxy) is 1. The van der Waals surface area contributed by atoms with Crippen molar-refractivity contribution in [2.45, 2.75) is 37.1 Å². The minimum absolute atomic E-state index is 0.244. The first-order valence-electron chi connectivity index (χ1n) is 6.33. The standard InChI is InChI=1S/C14H20FNOS/c1-17-12-7-3-5-10(14(12)15)9-16-11-6-4-8-13(11)18-2/h3,5,7,11,13,16H,4,6,8-9H2,1-2H3. The SMILES string of the molecule is COc1cccc(CNC2CCCC2SC)c1F. The molecule has 0 aromatic heterocycles. The van der Waals surface area contributed by atoms with Crippen molar-refractivity contribution in [2.75, 3.05) is 13.4 Å². The number of hydrogen-bond acceptors (Lipinski definition) is 3. The minimum Gasteiger partial charge on any atom is -0.494 e. The molecule has 2 rings (SSSR count). The molecule has 0 spiro atoms. The molecule has 0 amide bonds. The predicted molar refractivity (Wildman–Crippen MR) is 74.7 cm³/mol. The van der Waals surface area contributed by atoms with Crippen LogP contribution in [-0.2, 0) is 6.54 Å². The summed E-state index contributed by atoms with van der Waals surface area (Å²) in [6, 6.07) is 5.80. The molecule has 1 aromatic rings. The van der Waals surface area contributed by atoms with E-state index in [0.717, 1.165) is 0 Å². The van der Waals surface area contributed by atoms with Crippen molar-refractivity contribution in [3.8, 4) is 5.75 Å². The molecule has 18 heavy (non-hydrogen) atoms. The zero-order chi connectivity index (χ0) is 13.0. The van der Waals surface area contributed by atoms with Gasteiger partial charge in [0.1, 0.15) is 0 Å².